The molecule has 1 heterocycles. The third-order valence-electron chi connectivity index (χ3n) is 5.88. The Labute approximate surface area is 195 Å². The molecule has 5 nitrogen and oxygen atoms in total. The van der Waals surface area contributed by atoms with Gasteiger partial charge >= 0.3 is 0 Å². The molecule has 170 valence electrons. The summed E-state index contributed by atoms with van der Waals surface area (Å²) in [6.45, 7) is 8.06. The number of carbonyl (C=O) groups excluding carboxylic acids is 1. The molecule has 0 saturated carbocycles. The number of hydrogen-bond donors (Lipinski definition) is 1. The molecule has 1 amide bonds. The summed E-state index contributed by atoms with van der Waals surface area (Å²) in [7, 11) is 0. The van der Waals surface area contributed by atoms with E-state index in [1.807, 2.05) is 49.4 Å². The Morgan fingerprint density at radius 1 is 0.939 bits per heavy atom. The van der Waals surface area contributed by atoms with Gasteiger partial charge in [-0.1, -0.05) is 48.0 Å². The van der Waals surface area contributed by atoms with Gasteiger partial charge in [0.05, 0.1) is 17.6 Å². The normalized spacial score (nSPS) is 11.0. The number of nitrogens with one attached hydrogen (secondary N) is 1. The number of rotatable bonds is 9. The van der Waals surface area contributed by atoms with Crippen molar-refractivity contribution in [1.82, 2.24) is 14.9 Å². The maximum Gasteiger partial charge on any atom is 0.251 e. The molecule has 1 aromatic heterocycles. The van der Waals surface area contributed by atoms with Gasteiger partial charge in [-0.05, 0) is 62.6 Å². The van der Waals surface area contributed by atoms with E-state index in [2.05, 4.69) is 48.0 Å². The molecule has 0 aliphatic carbocycles. The standard InChI is InChI=1S/C28H31N3O2/c1-20-13-15-23(16-14-20)28(32)29-17-7-12-26-30-24-10-4-5-11-25(24)31(26)18-19-33-27-21(2)8-6-9-22(27)3/h4-6,8-11,13-16H,7,12,17-19H2,1-3H3,(H,29,32). The van der Waals surface area contributed by atoms with Crippen molar-refractivity contribution < 1.29 is 9.53 Å². The van der Waals surface area contributed by atoms with E-state index in [0.717, 1.165) is 58.7 Å². The molecule has 0 aliphatic rings. The van der Waals surface area contributed by atoms with Crippen molar-refractivity contribution in [1.29, 1.82) is 0 Å². The lowest BCUT2D eigenvalue weighted by atomic mass is 10.1. The Balaban J connectivity index is 1.38. The molecule has 0 bridgehead atoms. The molecule has 4 rings (SSSR count). The van der Waals surface area contributed by atoms with Crippen LogP contribution in [0.1, 0.15) is 39.3 Å². The van der Waals surface area contributed by atoms with Gasteiger partial charge in [0.15, 0.2) is 0 Å². The number of aromatic nitrogens is 2. The molecule has 0 atom stereocenters. The van der Waals surface area contributed by atoms with Crippen LogP contribution in [0.4, 0.5) is 0 Å². The van der Waals surface area contributed by atoms with Gasteiger partial charge in [-0.2, -0.15) is 0 Å². The number of amides is 1. The first kappa shape index (κ1) is 22.6. The number of benzene rings is 3. The van der Waals surface area contributed by atoms with Crippen LogP contribution in [0.15, 0.2) is 66.7 Å². The topological polar surface area (TPSA) is 56.2 Å². The summed E-state index contributed by atoms with van der Waals surface area (Å²) in [5, 5.41) is 3.02. The van der Waals surface area contributed by atoms with Crippen molar-refractivity contribution in [2.75, 3.05) is 13.2 Å². The number of aryl methyl sites for hydroxylation is 4. The quantitative estimate of drug-likeness (QED) is 0.354. The first-order valence-corrected chi connectivity index (χ1v) is 11.5. The highest BCUT2D eigenvalue weighted by Crippen LogP contribution is 2.23. The number of ether oxygens (including phenoxy) is 1. The van der Waals surface area contributed by atoms with E-state index in [-0.39, 0.29) is 5.91 Å². The highest BCUT2D eigenvalue weighted by molar-refractivity contribution is 5.94. The lowest BCUT2D eigenvalue weighted by Crippen LogP contribution is -2.25. The number of para-hydroxylation sites is 3. The predicted octanol–water partition coefficient (Wildman–Crippen LogP) is 5.40. The summed E-state index contributed by atoms with van der Waals surface area (Å²) in [5.74, 6) is 1.94. The third kappa shape index (κ3) is 5.43. The van der Waals surface area contributed by atoms with Crippen LogP contribution in [-0.4, -0.2) is 28.6 Å². The van der Waals surface area contributed by atoms with Gasteiger partial charge in [0.25, 0.3) is 5.91 Å². The highest BCUT2D eigenvalue weighted by atomic mass is 16.5. The van der Waals surface area contributed by atoms with E-state index in [9.17, 15) is 4.79 Å². The van der Waals surface area contributed by atoms with Crippen LogP contribution < -0.4 is 10.1 Å². The van der Waals surface area contributed by atoms with Crippen molar-refractivity contribution in [2.45, 2.75) is 40.2 Å². The number of nitrogens with zero attached hydrogens (tertiary/aromatic N) is 2. The molecule has 0 fully saturated rings. The van der Waals surface area contributed by atoms with Crippen molar-refractivity contribution in [3.63, 3.8) is 0 Å². The molecule has 5 heteroatoms. The number of fused-ring (bicyclic) bond motifs is 1. The second kappa shape index (κ2) is 10.3. The molecule has 3 aromatic carbocycles. The lowest BCUT2D eigenvalue weighted by Gasteiger charge is -2.14. The Morgan fingerprint density at radius 2 is 1.67 bits per heavy atom. The SMILES string of the molecule is Cc1ccc(C(=O)NCCCc2nc3ccccc3n2CCOc2c(C)cccc2C)cc1. The maximum absolute atomic E-state index is 12.4. The summed E-state index contributed by atoms with van der Waals surface area (Å²) >= 11 is 0. The van der Waals surface area contributed by atoms with Crippen molar-refractivity contribution in [2.24, 2.45) is 0 Å². The second-order valence-electron chi connectivity index (χ2n) is 8.46. The van der Waals surface area contributed by atoms with Gasteiger partial charge in [0.2, 0.25) is 0 Å². The number of hydrogen-bond acceptors (Lipinski definition) is 3. The molecule has 0 spiro atoms. The zero-order chi connectivity index (χ0) is 23.2. The molecule has 1 N–H and O–H groups in total. The summed E-state index contributed by atoms with van der Waals surface area (Å²) in [5.41, 5.74) is 6.23. The minimum atomic E-state index is -0.0366. The monoisotopic (exact) mass is 441 g/mol. The van der Waals surface area contributed by atoms with Crippen LogP contribution >= 0.6 is 0 Å². The van der Waals surface area contributed by atoms with E-state index < -0.39 is 0 Å². The smallest absolute Gasteiger partial charge is 0.251 e. The fourth-order valence-corrected chi connectivity index (χ4v) is 4.09. The molecule has 0 radical (unpaired) electrons. The van der Waals surface area contributed by atoms with Gasteiger partial charge in [-0.3, -0.25) is 4.79 Å². The number of carbonyl (C=O) groups is 1. The summed E-state index contributed by atoms with van der Waals surface area (Å²) in [4.78, 5) is 17.2. The first-order chi connectivity index (χ1) is 16.0. The fraction of sp³-hybridized carbons (Fsp3) is 0.286. The highest BCUT2D eigenvalue weighted by Gasteiger charge is 2.12. The molecule has 0 unspecified atom stereocenters. The average Bonchev–Trinajstić information content (AvgIpc) is 3.16. The summed E-state index contributed by atoms with van der Waals surface area (Å²) < 4.78 is 8.39. The molecular formula is C28H31N3O2. The van der Waals surface area contributed by atoms with Gasteiger partial charge in [0, 0.05) is 18.5 Å². The van der Waals surface area contributed by atoms with Crippen LogP contribution in [0.2, 0.25) is 0 Å². The van der Waals surface area contributed by atoms with E-state index in [0.29, 0.717) is 18.7 Å². The van der Waals surface area contributed by atoms with Crippen LogP contribution in [0.25, 0.3) is 11.0 Å². The Hall–Kier alpha value is -3.60. The summed E-state index contributed by atoms with van der Waals surface area (Å²) in [6.07, 6.45) is 1.60. The first-order valence-electron chi connectivity index (χ1n) is 11.5. The molecule has 4 aromatic rings. The fourth-order valence-electron chi connectivity index (χ4n) is 4.09. The summed E-state index contributed by atoms with van der Waals surface area (Å²) in [6, 6.07) is 22.0. The van der Waals surface area contributed by atoms with Crippen molar-refractivity contribution >= 4 is 16.9 Å². The molecule has 33 heavy (non-hydrogen) atoms. The molecular weight excluding hydrogens is 410 g/mol. The van der Waals surface area contributed by atoms with Gasteiger partial charge in [-0.15, -0.1) is 0 Å². The molecule has 0 aliphatic heterocycles. The minimum absolute atomic E-state index is 0.0366. The molecule has 0 saturated heterocycles. The van der Waals surface area contributed by atoms with Crippen molar-refractivity contribution in [3.8, 4) is 5.75 Å². The van der Waals surface area contributed by atoms with Crippen LogP contribution in [0.5, 0.6) is 5.75 Å². The Kier molecular flexibility index (Phi) is 7.08. The van der Waals surface area contributed by atoms with Crippen LogP contribution in [-0.2, 0) is 13.0 Å². The van der Waals surface area contributed by atoms with Gasteiger partial charge in [-0.25, -0.2) is 4.98 Å². The van der Waals surface area contributed by atoms with Crippen molar-refractivity contribution in [3.05, 3.63) is 94.8 Å². The second-order valence-corrected chi connectivity index (χ2v) is 8.46. The largest absolute Gasteiger partial charge is 0.491 e. The Morgan fingerprint density at radius 3 is 2.42 bits per heavy atom. The predicted molar refractivity (Wildman–Crippen MR) is 133 cm³/mol. The lowest BCUT2D eigenvalue weighted by molar-refractivity contribution is 0.0953. The van der Waals surface area contributed by atoms with Crippen LogP contribution in [0, 0.1) is 20.8 Å². The van der Waals surface area contributed by atoms with E-state index in [1.54, 1.807) is 0 Å². The zero-order valence-electron chi connectivity index (χ0n) is 19.6. The van der Waals surface area contributed by atoms with E-state index in [4.69, 9.17) is 9.72 Å². The Bertz CT molecular complexity index is 1220. The number of imidazole rings is 1. The van der Waals surface area contributed by atoms with E-state index >= 15 is 0 Å². The van der Waals surface area contributed by atoms with Crippen LogP contribution in [0.3, 0.4) is 0 Å². The van der Waals surface area contributed by atoms with E-state index in [1.165, 1.54) is 0 Å². The minimum Gasteiger partial charge on any atom is -0.491 e. The average molecular weight is 442 g/mol. The van der Waals surface area contributed by atoms with Gasteiger partial charge in [0.1, 0.15) is 18.2 Å². The third-order valence-corrected chi connectivity index (χ3v) is 5.88. The maximum atomic E-state index is 12.4. The van der Waals surface area contributed by atoms with Gasteiger partial charge < -0.3 is 14.6 Å². The zero-order valence-corrected chi connectivity index (χ0v) is 19.6.